The first-order chi connectivity index (χ1) is 16.7. The minimum atomic E-state index is 0.154. The average molecular weight is 459 g/mol. The van der Waals surface area contributed by atoms with Gasteiger partial charge in [-0.2, -0.15) is 0 Å². The first-order valence-corrected chi connectivity index (χ1v) is 11.7. The van der Waals surface area contributed by atoms with Crippen molar-refractivity contribution in [1.29, 1.82) is 0 Å². The normalized spacial score (nSPS) is 18.9. The smallest absolute Gasteiger partial charge is 0.171 e. The van der Waals surface area contributed by atoms with Crippen LogP contribution in [0.5, 0.6) is 5.75 Å². The summed E-state index contributed by atoms with van der Waals surface area (Å²) < 4.78 is 13.7. The molecule has 0 aliphatic carbocycles. The summed E-state index contributed by atoms with van der Waals surface area (Å²) in [7, 11) is 1.70. The number of ether oxygens (including phenoxy) is 2. The number of benzene rings is 2. The number of hydrogen-bond acceptors (Lipinski definition) is 6. The van der Waals surface area contributed by atoms with Gasteiger partial charge in [-0.3, -0.25) is 0 Å². The van der Waals surface area contributed by atoms with Crippen LogP contribution < -0.4 is 4.74 Å². The summed E-state index contributed by atoms with van der Waals surface area (Å²) in [6, 6.07) is 16.6. The Balaban J connectivity index is 1.31. The summed E-state index contributed by atoms with van der Waals surface area (Å²) in [5, 5.41) is 4.43. The number of methoxy groups -OCH3 is 1. The zero-order chi connectivity index (χ0) is 23.3. The summed E-state index contributed by atoms with van der Waals surface area (Å²) >= 11 is 0. The largest absolute Gasteiger partial charge is 0.495 e. The second-order valence-corrected chi connectivity index (χ2v) is 8.69. The fourth-order valence-electron chi connectivity index (χ4n) is 4.50. The number of fused-ring (bicyclic) bond motifs is 1. The molecule has 7 heteroatoms. The highest BCUT2D eigenvalue weighted by Crippen LogP contribution is 2.29. The molecule has 3 aromatic rings. The van der Waals surface area contributed by atoms with Gasteiger partial charge in [0.25, 0.3) is 0 Å². The third-order valence-corrected chi connectivity index (χ3v) is 6.22. The summed E-state index contributed by atoms with van der Waals surface area (Å²) in [6.07, 6.45) is 8.01. The van der Waals surface area contributed by atoms with Gasteiger partial charge in [0.2, 0.25) is 0 Å². The number of rotatable bonds is 7. The van der Waals surface area contributed by atoms with Gasteiger partial charge in [0.15, 0.2) is 5.84 Å². The minimum Gasteiger partial charge on any atom is -0.495 e. The zero-order valence-electron chi connectivity index (χ0n) is 19.7. The van der Waals surface area contributed by atoms with E-state index in [-0.39, 0.29) is 6.04 Å². The molecule has 2 aliphatic heterocycles. The first-order valence-electron chi connectivity index (χ1n) is 11.7. The Morgan fingerprint density at radius 1 is 1.18 bits per heavy atom. The number of aromatic nitrogens is 2. The number of amidine groups is 1. The van der Waals surface area contributed by atoms with Gasteiger partial charge >= 0.3 is 0 Å². The molecule has 0 radical (unpaired) electrons. The van der Waals surface area contributed by atoms with E-state index in [0.29, 0.717) is 19.8 Å². The van der Waals surface area contributed by atoms with Crippen LogP contribution in [0.3, 0.4) is 0 Å². The van der Waals surface area contributed by atoms with Crippen molar-refractivity contribution in [3.05, 3.63) is 83.4 Å². The molecule has 0 N–H and O–H groups in total. The van der Waals surface area contributed by atoms with Crippen LogP contribution in [0.2, 0.25) is 0 Å². The van der Waals surface area contributed by atoms with E-state index < -0.39 is 0 Å². The lowest BCUT2D eigenvalue weighted by molar-refractivity contribution is 0.00269. The third-order valence-electron chi connectivity index (χ3n) is 6.22. The van der Waals surface area contributed by atoms with E-state index in [9.17, 15) is 0 Å². The van der Waals surface area contributed by atoms with Gasteiger partial charge in [-0.1, -0.05) is 41.6 Å². The summed E-state index contributed by atoms with van der Waals surface area (Å²) in [5.74, 6) is 1.72. The Bertz CT molecular complexity index is 1190. The molecule has 7 nitrogen and oxygen atoms in total. The van der Waals surface area contributed by atoms with E-state index in [4.69, 9.17) is 14.3 Å². The Hall–Kier alpha value is -3.58. The van der Waals surface area contributed by atoms with E-state index in [1.54, 1.807) is 13.4 Å². The summed E-state index contributed by atoms with van der Waals surface area (Å²) in [4.78, 5) is 12.3. The van der Waals surface area contributed by atoms with Crippen molar-refractivity contribution in [2.75, 3.05) is 26.9 Å². The van der Waals surface area contributed by atoms with Crippen LogP contribution in [0.1, 0.15) is 29.7 Å². The standard InChI is InChI=1S/C27H30N4O3/c1-20-15-30(19-28-20)25-11-10-22(14-26(25)32-2)13-23-9-6-12-31-24(18-34-29-27(23)31)17-33-16-21-7-4-3-5-8-21/h3-5,7-8,10-11,13-15,19,24H,6,9,12,16-18H2,1-2H3/b23-13+/t24-/m0/s1. The fraction of sp³-hybridized carbons (Fsp3) is 0.333. The maximum atomic E-state index is 6.03. The number of piperidine rings is 1. The van der Waals surface area contributed by atoms with Gasteiger partial charge in [0.1, 0.15) is 12.4 Å². The molecular weight excluding hydrogens is 428 g/mol. The predicted octanol–water partition coefficient (Wildman–Crippen LogP) is 4.60. The molecule has 0 spiro atoms. The van der Waals surface area contributed by atoms with Crippen LogP contribution in [0.4, 0.5) is 0 Å². The molecular formula is C27H30N4O3. The van der Waals surface area contributed by atoms with E-state index in [1.807, 2.05) is 35.9 Å². The molecule has 1 aromatic heterocycles. The lowest BCUT2D eigenvalue weighted by Gasteiger charge is -2.39. The Labute approximate surface area is 200 Å². The predicted molar refractivity (Wildman–Crippen MR) is 132 cm³/mol. The van der Waals surface area contributed by atoms with Gasteiger partial charge < -0.3 is 23.8 Å². The topological polar surface area (TPSA) is 61.1 Å². The van der Waals surface area contributed by atoms with Gasteiger partial charge in [-0.05, 0) is 54.7 Å². The quantitative estimate of drug-likeness (QED) is 0.518. The molecule has 2 aliphatic rings. The van der Waals surface area contributed by atoms with Crippen molar-refractivity contribution < 1.29 is 14.3 Å². The molecule has 34 heavy (non-hydrogen) atoms. The number of hydrogen-bond donors (Lipinski definition) is 0. The molecule has 3 heterocycles. The molecule has 1 atom stereocenters. The van der Waals surface area contributed by atoms with Crippen LogP contribution in [-0.4, -0.2) is 53.2 Å². The van der Waals surface area contributed by atoms with Crippen molar-refractivity contribution in [2.45, 2.75) is 32.4 Å². The first kappa shape index (κ1) is 22.2. The molecule has 5 rings (SSSR count). The fourth-order valence-corrected chi connectivity index (χ4v) is 4.50. The van der Waals surface area contributed by atoms with Crippen LogP contribution in [-0.2, 0) is 16.2 Å². The summed E-state index contributed by atoms with van der Waals surface area (Å²) in [6.45, 7) is 4.68. The van der Waals surface area contributed by atoms with Gasteiger partial charge in [0.05, 0.1) is 44.1 Å². The van der Waals surface area contributed by atoms with E-state index in [2.05, 4.69) is 51.4 Å². The maximum Gasteiger partial charge on any atom is 0.171 e. The van der Waals surface area contributed by atoms with Crippen LogP contribution >= 0.6 is 0 Å². The molecule has 0 saturated carbocycles. The van der Waals surface area contributed by atoms with Crippen molar-refractivity contribution in [2.24, 2.45) is 5.16 Å². The molecule has 2 aromatic carbocycles. The van der Waals surface area contributed by atoms with E-state index >= 15 is 0 Å². The second kappa shape index (κ2) is 10.1. The highest BCUT2D eigenvalue weighted by Gasteiger charge is 2.32. The SMILES string of the molecule is COc1cc(/C=C2\CCCN3C2=NOC[C@@H]3COCc2ccccc2)ccc1-n1cnc(C)c1. The Morgan fingerprint density at radius 2 is 2.06 bits per heavy atom. The molecule has 0 amide bonds. The average Bonchev–Trinajstić information content (AvgIpc) is 3.31. The van der Waals surface area contributed by atoms with Crippen molar-refractivity contribution in [3.63, 3.8) is 0 Å². The number of aryl methyl sites for hydroxylation is 1. The molecule has 0 bridgehead atoms. The number of oxime groups is 1. The monoisotopic (exact) mass is 458 g/mol. The lowest BCUT2D eigenvalue weighted by Crippen LogP contribution is -2.51. The maximum absolute atomic E-state index is 6.03. The third kappa shape index (κ3) is 4.84. The van der Waals surface area contributed by atoms with Crippen molar-refractivity contribution >= 4 is 11.9 Å². The van der Waals surface area contributed by atoms with Gasteiger partial charge in [0, 0.05) is 12.7 Å². The van der Waals surface area contributed by atoms with Crippen molar-refractivity contribution in [1.82, 2.24) is 14.5 Å². The zero-order valence-corrected chi connectivity index (χ0v) is 19.7. The van der Waals surface area contributed by atoms with Gasteiger partial charge in [-0.15, -0.1) is 0 Å². The van der Waals surface area contributed by atoms with E-state index in [0.717, 1.165) is 47.9 Å². The summed E-state index contributed by atoms with van der Waals surface area (Å²) in [5.41, 5.74) is 5.35. The molecule has 176 valence electrons. The minimum absolute atomic E-state index is 0.154. The second-order valence-electron chi connectivity index (χ2n) is 8.69. The van der Waals surface area contributed by atoms with Crippen LogP contribution in [0, 0.1) is 6.92 Å². The van der Waals surface area contributed by atoms with E-state index in [1.165, 1.54) is 11.1 Å². The Morgan fingerprint density at radius 3 is 2.85 bits per heavy atom. The van der Waals surface area contributed by atoms with Crippen LogP contribution in [0.25, 0.3) is 11.8 Å². The molecule has 0 unspecified atom stereocenters. The van der Waals surface area contributed by atoms with Crippen molar-refractivity contribution in [3.8, 4) is 11.4 Å². The van der Waals surface area contributed by atoms with Crippen LogP contribution in [0.15, 0.2) is 71.8 Å². The number of nitrogens with zero attached hydrogens (tertiary/aromatic N) is 4. The Kier molecular flexibility index (Phi) is 6.62. The highest BCUT2D eigenvalue weighted by atomic mass is 16.6. The molecule has 1 saturated heterocycles. The molecule has 1 fully saturated rings. The highest BCUT2D eigenvalue weighted by molar-refractivity contribution is 6.02. The van der Waals surface area contributed by atoms with Gasteiger partial charge in [-0.25, -0.2) is 4.98 Å². The lowest BCUT2D eigenvalue weighted by atomic mass is 9.98. The number of imidazole rings is 1.